The van der Waals surface area contributed by atoms with Crippen LogP contribution in [0, 0.1) is 5.82 Å². The fourth-order valence-electron chi connectivity index (χ4n) is 5.69. The number of hydrogen-bond donors (Lipinski definition) is 0. The molecule has 3 aromatic rings. The fourth-order valence-corrected chi connectivity index (χ4v) is 5.69. The van der Waals surface area contributed by atoms with Crippen LogP contribution in [-0.4, -0.2) is 29.7 Å². The molecule has 2 heterocycles. The Labute approximate surface area is 187 Å². The number of nitrogens with zero attached hydrogens (tertiary/aromatic N) is 1. The second-order valence-corrected chi connectivity index (χ2v) is 8.92. The topological polar surface area (TPSA) is 29.5 Å². The van der Waals surface area contributed by atoms with E-state index in [4.69, 9.17) is 4.74 Å². The molecule has 1 amide bonds. The van der Waals surface area contributed by atoms with E-state index in [0.29, 0.717) is 6.61 Å². The summed E-state index contributed by atoms with van der Waals surface area (Å²) in [6.45, 7) is 0.337. The number of benzene rings is 3. The minimum absolute atomic E-state index is 0.0164. The summed E-state index contributed by atoms with van der Waals surface area (Å²) in [6.07, 6.45) is 4.50. The van der Waals surface area contributed by atoms with Crippen molar-refractivity contribution < 1.29 is 13.9 Å². The number of hydrogen-bond acceptors (Lipinski definition) is 2. The molecule has 4 heteroatoms. The quantitative estimate of drug-likeness (QED) is 0.486. The predicted octanol–water partition coefficient (Wildman–Crippen LogP) is 6.39. The van der Waals surface area contributed by atoms with Gasteiger partial charge in [-0.05, 0) is 64.8 Å². The average molecular weight is 426 g/mol. The maximum atomic E-state index is 13.7. The van der Waals surface area contributed by atoms with Gasteiger partial charge in [0.25, 0.3) is 0 Å². The van der Waals surface area contributed by atoms with Crippen molar-refractivity contribution in [3.63, 3.8) is 0 Å². The minimum Gasteiger partial charge on any atom is -0.448 e. The molecule has 2 bridgehead atoms. The number of amides is 1. The van der Waals surface area contributed by atoms with Gasteiger partial charge in [-0.1, -0.05) is 66.7 Å². The van der Waals surface area contributed by atoms with Gasteiger partial charge in [-0.2, -0.15) is 0 Å². The Bertz CT molecular complexity index is 1190. The molecule has 1 aliphatic carbocycles. The minimum atomic E-state index is -0.242. The van der Waals surface area contributed by atoms with Crippen molar-refractivity contribution in [2.24, 2.45) is 0 Å². The molecule has 32 heavy (non-hydrogen) atoms. The van der Waals surface area contributed by atoms with Gasteiger partial charge in [0.1, 0.15) is 12.4 Å². The second kappa shape index (κ2) is 7.63. The first-order valence-electron chi connectivity index (χ1n) is 11.3. The molecule has 3 aromatic carbocycles. The highest BCUT2D eigenvalue weighted by molar-refractivity contribution is 5.79. The Balaban J connectivity index is 1.20. The van der Waals surface area contributed by atoms with Crippen molar-refractivity contribution >= 4 is 11.7 Å². The van der Waals surface area contributed by atoms with E-state index in [2.05, 4.69) is 42.5 Å². The zero-order chi connectivity index (χ0) is 21.7. The zero-order valence-corrected chi connectivity index (χ0v) is 17.7. The highest BCUT2D eigenvalue weighted by Crippen LogP contribution is 2.45. The van der Waals surface area contributed by atoms with Gasteiger partial charge in [0, 0.05) is 12.0 Å². The Morgan fingerprint density at radius 3 is 2.34 bits per heavy atom. The predicted molar refractivity (Wildman–Crippen MR) is 123 cm³/mol. The van der Waals surface area contributed by atoms with E-state index < -0.39 is 0 Å². The van der Waals surface area contributed by atoms with Crippen molar-refractivity contribution in [1.82, 2.24) is 4.90 Å². The van der Waals surface area contributed by atoms with Crippen LogP contribution < -0.4 is 0 Å². The third-order valence-corrected chi connectivity index (χ3v) is 7.14. The van der Waals surface area contributed by atoms with E-state index in [1.165, 1.54) is 28.3 Å². The molecular weight excluding hydrogens is 401 g/mol. The molecule has 0 spiro atoms. The van der Waals surface area contributed by atoms with Crippen molar-refractivity contribution in [1.29, 1.82) is 0 Å². The average Bonchev–Trinajstić information content (AvgIpc) is 3.28. The molecular formula is C28H24FNO2. The highest BCUT2D eigenvalue weighted by atomic mass is 19.1. The Kier molecular flexibility index (Phi) is 4.60. The van der Waals surface area contributed by atoms with E-state index in [-0.39, 0.29) is 29.9 Å². The van der Waals surface area contributed by atoms with Gasteiger partial charge >= 0.3 is 6.09 Å². The van der Waals surface area contributed by atoms with Crippen LogP contribution in [-0.2, 0) is 4.74 Å². The molecule has 1 fully saturated rings. The van der Waals surface area contributed by atoms with Crippen LogP contribution in [0.4, 0.5) is 9.18 Å². The first-order chi connectivity index (χ1) is 15.7. The van der Waals surface area contributed by atoms with Crippen LogP contribution in [0.1, 0.15) is 41.9 Å². The van der Waals surface area contributed by atoms with Crippen LogP contribution in [0.5, 0.6) is 0 Å². The van der Waals surface area contributed by atoms with Gasteiger partial charge in [-0.15, -0.1) is 0 Å². The van der Waals surface area contributed by atoms with Crippen molar-refractivity contribution in [3.8, 4) is 11.1 Å². The molecule has 160 valence electrons. The summed E-state index contributed by atoms with van der Waals surface area (Å²) in [4.78, 5) is 15.0. The molecule has 3 nitrogen and oxygen atoms in total. The van der Waals surface area contributed by atoms with Crippen LogP contribution in [0.25, 0.3) is 16.7 Å². The van der Waals surface area contributed by atoms with Gasteiger partial charge in [0.05, 0.1) is 6.04 Å². The fraction of sp³-hybridized carbons (Fsp3) is 0.250. The van der Waals surface area contributed by atoms with Crippen LogP contribution in [0.3, 0.4) is 0 Å². The number of fused-ring (bicyclic) bond motifs is 5. The first-order valence-corrected chi connectivity index (χ1v) is 11.3. The van der Waals surface area contributed by atoms with Crippen molar-refractivity contribution in [3.05, 3.63) is 101 Å². The lowest BCUT2D eigenvalue weighted by Gasteiger charge is -2.33. The monoisotopic (exact) mass is 425 g/mol. The summed E-state index contributed by atoms with van der Waals surface area (Å²) < 4.78 is 19.6. The SMILES string of the molecule is O=C(OCC1c2ccccc2-c2ccccc21)N1C2C=C(c3cccc(F)c3)CC1CC2. The largest absolute Gasteiger partial charge is 0.448 e. The van der Waals surface area contributed by atoms with E-state index in [1.54, 1.807) is 12.1 Å². The molecule has 6 rings (SSSR count). The van der Waals surface area contributed by atoms with Gasteiger partial charge in [0.15, 0.2) is 0 Å². The standard InChI is InChI=1S/C28H24FNO2/c29-20-7-5-6-18(14-20)19-15-21-12-13-22(16-19)30(21)28(31)32-17-27-25-10-3-1-8-23(25)24-9-2-4-11-26(24)27/h1-11,14-15,21-22,27H,12-13,16-17H2. The third-order valence-electron chi connectivity index (χ3n) is 7.14. The maximum Gasteiger partial charge on any atom is 0.410 e. The summed E-state index contributed by atoms with van der Waals surface area (Å²) in [5.74, 6) is -0.165. The van der Waals surface area contributed by atoms with Crippen molar-refractivity contribution in [2.75, 3.05) is 6.61 Å². The molecule has 3 aliphatic rings. The van der Waals surface area contributed by atoms with Crippen LogP contribution in [0.15, 0.2) is 78.9 Å². The molecule has 1 saturated heterocycles. The summed E-state index contributed by atoms with van der Waals surface area (Å²) in [5, 5.41) is 0. The van der Waals surface area contributed by atoms with Crippen LogP contribution in [0.2, 0.25) is 0 Å². The van der Waals surface area contributed by atoms with E-state index in [0.717, 1.165) is 30.4 Å². The number of carbonyl (C=O) groups excluding carboxylic acids is 1. The number of halogens is 1. The normalized spacial score (nSPS) is 21.2. The second-order valence-electron chi connectivity index (χ2n) is 8.92. The molecule has 0 saturated carbocycles. The van der Waals surface area contributed by atoms with Gasteiger partial charge in [0.2, 0.25) is 0 Å². The number of ether oxygens (including phenoxy) is 1. The summed E-state index contributed by atoms with van der Waals surface area (Å²) in [7, 11) is 0. The maximum absolute atomic E-state index is 13.7. The molecule has 0 radical (unpaired) electrons. The summed E-state index contributed by atoms with van der Waals surface area (Å²) in [6, 6.07) is 23.6. The lowest BCUT2D eigenvalue weighted by molar-refractivity contribution is 0.0866. The lowest BCUT2D eigenvalue weighted by Crippen LogP contribution is -2.43. The Hall–Kier alpha value is -3.40. The van der Waals surface area contributed by atoms with Crippen LogP contribution >= 0.6 is 0 Å². The number of carbonyl (C=O) groups is 1. The summed E-state index contributed by atoms with van der Waals surface area (Å²) in [5.41, 5.74) is 6.93. The molecule has 2 aliphatic heterocycles. The smallest absolute Gasteiger partial charge is 0.410 e. The van der Waals surface area contributed by atoms with Gasteiger partial charge in [-0.3, -0.25) is 4.90 Å². The molecule has 2 unspecified atom stereocenters. The van der Waals surface area contributed by atoms with Crippen molar-refractivity contribution in [2.45, 2.75) is 37.3 Å². The zero-order valence-electron chi connectivity index (χ0n) is 17.7. The Morgan fingerprint density at radius 2 is 1.66 bits per heavy atom. The molecule has 0 N–H and O–H groups in total. The molecule has 2 atom stereocenters. The Morgan fingerprint density at radius 1 is 0.938 bits per heavy atom. The highest BCUT2D eigenvalue weighted by Gasteiger charge is 2.41. The van der Waals surface area contributed by atoms with Gasteiger partial charge in [-0.25, -0.2) is 9.18 Å². The van der Waals surface area contributed by atoms with E-state index in [9.17, 15) is 9.18 Å². The number of rotatable bonds is 3. The van der Waals surface area contributed by atoms with E-state index >= 15 is 0 Å². The lowest BCUT2D eigenvalue weighted by atomic mass is 9.95. The van der Waals surface area contributed by atoms with E-state index in [1.807, 2.05) is 23.1 Å². The van der Waals surface area contributed by atoms with Gasteiger partial charge < -0.3 is 4.74 Å². The first kappa shape index (κ1) is 19.3. The molecule has 0 aromatic heterocycles. The third kappa shape index (κ3) is 3.13. The summed E-state index contributed by atoms with van der Waals surface area (Å²) >= 11 is 0.